The molecule has 18 rings (SSSR count). The lowest BCUT2D eigenvalue weighted by Gasteiger charge is -2.30. The smallest absolute Gasteiger partial charge is 0.136 e. The minimum absolute atomic E-state index is 0.766. The molecule has 0 radical (unpaired) electrons. The summed E-state index contributed by atoms with van der Waals surface area (Å²) in [6, 6.07) is 93.9. The quantitative estimate of drug-likeness (QED) is 0.108. The first-order valence-corrected chi connectivity index (χ1v) is 39.4. The highest BCUT2D eigenvalue weighted by molar-refractivity contribution is 6.16. The monoisotopic (exact) mass is 1450 g/mol. The molecule has 0 spiro atoms. The van der Waals surface area contributed by atoms with E-state index in [4.69, 9.17) is 8.83 Å². The van der Waals surface area contributed by atoms with Crippen LogP contribution in [-0.4, -0.2) is 0 Å². The van der Waals surface area contributed by atoms with Gasteiger partial charge in [-0.05, 0) is 443 Å². The van der Waals surface area contributed by atoms with Crippen molar-refractivity contribution in [3.63, 3.8) is 0 Å². The number of aryl methyl sites for hydroxylation is 14. The molecule has 0 unspecified atom stereocenters. The second kappa shape index (κ2) is 27.4. The Morgan fingerprint density at radius 1 is 0.205 bits per heavy atom. The largest absolute Gasteiger partial charge is 0.456 e. The number of hydrogen-bond acceptors (Lipinski definition) is 6. The third kappa shape index (κ3) is 12.5. The van der Waals surface area contributed by atoms with Gasteiger partial charge >= 0.3 is 0 Å². The first-order chi connectivity index (χ1) is 53.9. The van der Waals surface area contributed by atoms with Crippen molar-refractivity contribution >= 4 is 155 Å². The Labute approximate surface area is 658 Å². The van der Waals surface area contributed by atoms with Crippen LogP contribution in [0.4, 0.5) is 68.2 Å². The van der Waals surface area contributed by atoms with E-state index >= 15 is 0 Å². The summed E-state index contributed by atoms with van der Waals surface area (Å²) in [5, 5.41) is 13.6. The predicted octanol–water partition coefficient (Wildman–Crippen LogP) is 30.8. The standard InChI is InChI=1S/C106H94N4O2/c1-60-22-24-63(4)100(36-60)109(99-21-19-18-20-62(99)3)88-34-30-80-54-97-98-55-81-31-35-89(51-85(81)59-106(98)112-105(97)58-84(80)50-88)110(101-37-61(2)23-25-64(101)5)102-47-77(27-26-65(102)6)46-94-72(13)44-93(45-73(94)14)108(92-42-70(11)76(17)71(12)43-92)87-33-29-79-53-96-95-52-78-28-32-86(48-82(78)56-103(95)111-104(96)57-83(79)49-87)107(90-38-66(7)74(15)67(8)39-90)91-40-68(9)75(16)69(10)41-91/h18-45,47-59H,46H2,1-17H3. The second-order valence-electron chi connectivity index (χ2n) is 32.4. The first kappa shape index (κ1) is 71.0. The van der Waals surface area contributed by atoms with Gasteiger partial charge in [-0.1, -0.05) is 78.9 Å². The normalized spacial score (nSPS) is 11.8. The van der Waals surface area contributed by atoms with Gasteiger partial charge in [0.05, 0.1) is 0 Å². The summed E-state index contributed by atoms with van der Waals surface area (Å²) in [6.45, 7) is 37.9. The van der Waals surface area contributed by atoms with Gasteiger partial charge in [0.2, 0.25) is 0 Å². The number of para-hydroxylation sites is 1. The van der Waals surface area contributed by atoms with E-state index < -0.39 is 0 Å². The number of hydrogen-bond donors (Lipinski definition) is 0. The van der Waals surface area contributed by atoms with Crippen LogP contribution in [0.15, 0.2) is 258 Å². The van der Waals surface area contributed by atoms with Gasteiger partial charge in [-0.25, -0.2) is 0 Å². The summed E-state index contributed by atoms with van der Waals surface area (Å²) in [6.07, 6.45) is 0.766. The summed E-state index contributed by atoms with van der Waals surface area (Å²) < 4.78 is 13.9. The summed E-state index contributed by atoms with van der Waals surface area (Å²) in [4.78, 5) is 9.76. The van der Waals surface area contributed by atoms with Crippen LogP contribution in [0.25, 0.3) is 87.0 Å². The first-order valence-electron chi connectivity index (χ1n) is 39.4. The number of fused-ring (bicyclic) bond motifs is 10. The lowest BCUT2D eigenvalue weighted by Crippen LogP contribution is -2.14. The number of rotatable bonds is 14. The zero-order valence-electron chi connectivity index (χ0n) is 67.5. The molecule has 2 heterocycles. The van der Waals surface area contributed by atoms with Gasteiger partial charge in [0.25, 0.3) is 0 Å². The van der Waals surface area contributed by atoms with E-state index in [2.05, 4.69) is 386 Å². The highest BCUT2D eigenvalue weighted by Gasteiger charge is 2.26. The van der Waals surface area contributed by atoms with Crippen molar-refractivity contribution in [3.8, 4) is 0 Å². The van der Waals surface area contributed by atoms with E-state index in [1.54, 1.807) is 0 Å². The highest BCUT2D eigenvalue weighted by atomic mass is 16.3. The molecular weight excluding hydrogens is 1360 g/mol. The Kier molecular flexibility index (Phi) is 17.4. The van der Waals surface area contributed by atoms with Gasteiger partial charge in [0.15, 0.2) is 0 Å². The van der Waals surface area contributed by atoms with Gasteiger partial charge in [0.1, 0.15) is 22.3 Å². The molecule has 0 N–H and O–H groups in total. The second-order valence-corrected chi connectivity index (χ2v) is 32.4. The number of furan rings is 2. The van der Waals surface area contributed by atoms with Crippen LogP contribution in [0.1, 0.15) is 106 Å². The molecule has 0 aliphatic heterocycles. The van der Waals surface area contributed by atoms with Gasteiger partial charge in [-0.15, -0.1) is 0 Å². The van der Waals surface area contributed by atoms with Crippen LogP contribution < -0.4 is 19.6 Å². The van der Waals surface area contributed by atoms with Crippen LogP contribution in [-0.2, 0) is 6.42 Å². The third-order valence-corrected chi connectivity index (χ3v) is 24.7. The van der Waals surface area contributed by atoms with Gasteiger partial charge in [0, 0.05) is 89.8 Å². The minimum Gasteiger partial charge on any atom is -0.456 e. The van der Waals surface area contributed by atoms with E-state index in [0.717, 1.165) is 145 Å². The Bertz CT molecular complexity index is 6830. The van der Waals surface area contributed by atoms with E-state index in [0.29, 0.717) is 0 Å². The zero-order valence-corrected chi connectivity index (χ0v) is 67.5. The van der Waals surface area contributed by atoms with Crippen LogP contribution in [0, 0.1) is 118 Å². The predicted molar refractivity (Wildman–Crippen MR) is 480 cm³/mol. The Hall–Kier alpha value is -12.6. The Balaban J connectivity index is 0.675. The molecule has 2 aromatic heterocycles. The molecule has 550 valence electrons. The third-order valence-electron chi connectivity index (χ3n) is 24.7. The molecule has 0 aliphatic rings. The lowest BCUT2D eigenvalue weighted by molar-refractivity contribution is 0.669. The molecule has 0 aliphatic carbocycles. The topological polar surface area (TPSA) is 39.2 Å². The van der Waals surface area contributed by atoms with Crippen molar-refractivity contribution in [1.29, 1.82) is 0 Å². The molecular formula is C106H94N4O2. The molecule has 0 amide bonds. The Morgan fingerprint density at radius 2 is 0.500 bits per heavy atom. The van der Waals surface area contributed by atoms with Crippen LogP contribution in [0.5, 0.6) is 0 Å². The molecule has 0 saturated heterocycles. The van der Waals surface area contributed by atoms with Crippen molar-refractivity contribution in [1.82, 2.24) is 0 Å². The molecule has 0 saturated carbocycles. The molecule has 0 fully saturated rings. The van der Waals surface area contributed by atoms with E-state index in [1.165, 1.54) is 122 Å². The maximum Gasteiger partial charge on any atom is 0.136 e. The van der Waals surface area contributed by atoms with Crippen molar-refractivity contribution in [2.75, 3.05) is 19.6 Å². The SMILES string of the molecule is Cc1ccc(C)c(N(c2ccc3cc4c(cc3c2)oc2cc3cc(N(c5cc(C)ccc5C)c5cc(Cc6c(C)cc(N(c7cc(C)c(C)c(C)c7)c7ccc8cc9c(cc8c7)oc7cc8cc(N(c%10cc(C)c(C)c(C)c%10)c%10cc(C)c(C)c(C)c%10)ccc8cc79)cc6C)ccc5C)ccc3cc24)c2ccccc2C)c1. The highest BCUT2D eigenvalue weighted by Crippen LogP contribution is 2.48. The lowest BCUT2D eigenvalue weighted by atomic mass is 9.93. The minimum atomic E-state index is 0.766. The average molecular weight is 1460 g/mol. The van der Waals surface area contributed by atoms with E-state index in [1.807, 2.05) is 0 Å². The zero-order chi connectivity index (χ0) is 77.6. The van der Waals surface area contributed by atoms with E-state index in [-0.39, 0.29) is 0 Å². The van der Waals surface area contributed by atoms with Crippen LogP contribution in [0.2, 0.25) is 0 Å². The summed E-state index contributed by atoms with van der Waals surface area (Å²) >= 11 is 0. The van der Waals surface area contributed by atoms with Gasteiger partial charge in [-0.3, -0.25) is 0 Å². The van der Waals surface area contributed by atoms with Crippen LogP contribution >= 0.6 is 0 Å². The van der Waals surface area contributed by atoms with Crippen molar-refractivity contribution in [2.24, 2.45) is 0 Å². The fraction of sp³-hybridized carbons (Fsp3) is 0.170. The molecule has 18 aromatic rings. The maximum absolute atomic E-state index is 6.96. The number of benzene rings is 16. The van der Waals surface area contributed by atoms with E-state index in [9.17, 15) is 0 Å². The average Bonchev–Trinajstić information content (AvgIpc) is 1.52. The summed E-state index contributed by atoms with van der Waals surface area (Å²) in [5.41, 5.74) is 41.0. The van der Waals surface area contributed by atoms with Gasteiger partial charge < -0.3 is 28.4 Å². The molecule has 6 heteroatoms. The molecule has 16 aromatic carbocycles. The fourth-order valence-electron chi connectivity index (χ4n) is 17.5. The van der Waals surface area contributed by atoms with Gasteiger partial charge in [-0.2, -0.15) is 0 Å². The molecule has 0 bridgehead atoms. The molecule has 112 heavy (non-hydrogen) atoms. The van der Waals surface area contributed by atoms with Crippen molar-refractivity contribution in [2.45, 2.75) is 124 Å². The number of nitrogens with zero attached hydrogens (tertiary/aromatic N) is 4. The maximum atomic E-state index is 6.96. The molecule has 0 atom stereocenters. The summed E-state index contributed by atoms with van der Waals surface area (Å²) in [7, 11) is 0. The summed E-state index contributed by atoms with van der Waals surface area (Å²) in [5.74, 6) is 0. The van der Waals surface area contributed by atoms with Crippen molar-refractivity contribution < 1.29 is 8.83 Å². The molecule has 6 nitrogen and oxygen atoms in total. The van der Waals surface area contributed by atoms with Crippen molar-refractivity contribution in [3.05, 3.63) is 354 Å². The Morgan fingerprint density at radius 3 is 0.848 bits per heavy atom. The fourth-order valence-corrected chi connectivity index (χ4v) is 17.5. The number of anilines is 12. The van der Waals surface area contributed by atoms with Crippen LogP contribution in [0.3, 0.4) is 0 Å².